The van der Waals surface area contributed by atoms with Gasteiger partial charge in [-0.2, -0.15) is 0 Å². The van der Waals surface area contributed by atoms with Crippen molar-refractivity contribution in [3.05, 3.63) is 101 Å². The van der Waals surface area contributed by atoms with Crippen molar-refractivity contribution in [1.29, 1.82) is 0 Å². The van der Waals surface area contributed by atoms with Gasteiger partial charge in [-0.05, 0) is 43.3 Å². The Hall–Kier alpha value is -3.77. The lowest BCUT2D eigenvalue weighted by atomic mass is 10.1. The average Bonchev–Trinajstić information content (AvgIpc) is 3.45. The van der Waals surface area contributed by atoms with E-state index >= 15 is 0 Å². The summed E-state index contributed by atoms with van der Waals surface area (Å²) in [7, 11) is 0. The van der Waals surface area contributed by atoms with Crippen LogP contribution in [-0.2, 0) is 17.9 Å². The lowest BCUT2D eigenvalue weighted by Crippen LogP contribution is -2.34. The van der Waals surface area contributed by atoms with Gasteiger partial charge >= 0.3 is 0 Å². The van der Waals surface area contributed by atoms with E-state index in [0.717, 1.165) is 23.0 Å². The monoisotopic (exact) mass is 447 g/mol. The smallest absolute Gasteiger partial charge is 0.268 e. The molecule has 0 unspecified atom stereocenters. The van der Waals surface area contributed by atoms with Crippen molar-refractivity contribution in [3.8, 4) is 0 Å². The van der Waals surface area contributed by atoms with Crippen molar-refractivity contribution in [1.82, 2.24) is 15.2 Å². The first-order chi connectivity index (χ1) is 15.6. The molecule has 7 heteroatoms. The van der Waals surface area contributed by atoms with E-state index in [9.17, 15) is 9.59 Å². The minimum atomic E-state index is -0.464. The Bertz CT molecular complexity index is 1290. The quantitative estimate of drug-likeness (QED) is 0.391. The van der Waals surface area contributed by atoms with E-state index in [0.29, 0.717) is 10.8 Å². The van der Waals surface area contributed by atoms with Gasteiger partial charge in [0.25, 0.3) is 11.8 Å². The van der Waals surface area contributed by atoms with E-state index in [1.807, 2.05) is 30.5 Å². The molecule has 2 aromatic carbocycles. The summed E-state index contributed by atoms with van der Waals surface area (Å²) in [4.78, 5) is 25.9. The van der Waals surface area contributed by atoms with Crippen molar-refractivity contribution in [2.45, 2.75) is 20.0 Å². The van der Waals surface area contributed by atoms with Crippen LogP contribution >= 0.6 is 11.6 Å². The number of nitrogens with zero attached hydrogens (tertiary/aromatic N) is 1. The Kier molecular flexibility index (Phi) is 6.42. The van der Waals surface area contributed by atoms with Gasteiger partial charge in [0.2, 0.25) is 0 Å². The van der Waals surface area contributed by atoms with Crippen molar-refractivity contribution in [3.63, 3.8) is 0 Å². The standard InChI is InChI=1S/C25H22ClN3O3/c1-2-29-16-17(19-9-4-6-12-23(19)29)14-22(25(31)27-15-18-8-7-13-32-18)28-24(30)20-10-3-5-11-21(20)26/h3-14,16H,2,15H2,1H3,(H,27,31)(H,28,30)/b22-14-. The number of carbonyl (C=O) groups excluding carboxylic acids is 2. The predicted molar refractivity (Wildman–Crippen MR) is 125 cm³/mol. The summed E-state index contributed by atoms with van der Waals surface area (Å²) >= 11 is 6.17. The molecule has 2 aromatic heterocycles. The van der Waals surface area contributed by atoms with Crippen LogP contribution in [0.2, 0.25) is 5.02 Å². The van der Waals surface area contributed by atoms with Gasteiger partial charge in [0.15, 0.2) is 0 Å². The van der Waals surface area contributed by atoms with Gasteiger partial charge in [-0.3, -0.25) is 9.59 Å². The van der Waals surface area contributed by atoms with Crippen LogP contribution in [0.3, 0.4) is 0 Å². The lowest BCUT2D eigenvalue weighted by molar-refractivity contribution is -0.118. The first-order valence-electron chi connectivity index (χ1n) is 10.2. The van der Waals surface area contributed by atoms with Crippen LogP contribution in [0.5, 0.6) is 0 Å². The Morgan fingerprint density at radius 3 is 2.59 bits per heavy atom. The molecule has 6 nitrogen and oxygen atoms in total. The van der Waals surface area contributed by atoms with Gasteiger partial charge < -0.3 is 19.6 Å². The normalized spacial score (nSPS) is 11.5. The number of hydrogen-bond donors (Lipinski definition) is 2. The third kappa shape index (κ3) is 4.60. The number of para-hydroxylation sites is 1. The Morgan fingerprint density at radius 1 is 1.06 bits per heavy atom. The number of aryl methyl sites for hydroxylation is 1. The van der Waals surface area contributed by atoms with Gasteiger partial charge in [-0.25, -0.2) is 0 Å². The highest BCUT2D eigenvalue weighted by Gasteiger charge is 2.18. The van der Waals surface area contributed by atoms with E-state index < -0.39 is 11.8 Å². The largest absolute Gasteiger partial charge is 0.467 e. The zero-order valence-electron chi connectivity index (χ0n) is 17.5. The molecule has 0 radical (unpaired) electrons. The van der Waals surface area contributed by atoms with E-state index in [1.165, 1.54) is 6.26 Å². The molecule has 0 atom stereocenters. The van der Waals surface area contributed by atoms with Crippen LogP contribution in [0.25, 0.3) is 17.0 Å². The van der Waals surface area contributed by atoms with Crippen molar-refractivity contribution in [2.75, 3.05) is 0 Å². The molecule has 0 bridgehead atoms. The molecule has 0 saturated heterocycles. The number of carbonyl (C=O) groups is 2. The number of hydrogen-bond acceptors (Lipinski definition) is 3. The Balaban J connectivity index is 1.69. The first-order valence-corrected chi connectivity index (χ1v) is 10.6. The van der Waals surface area contributed by atoms with Crippen molar-refractivity contribution in [2.24, 2.45) is 0 Å². The lowest BCUT2D eigenvalue weighted by Gasteiger charge is -2.11. The number of aromatic nitrogens is 1. The van der Waals surface area contributed by atoms with Gasteiger partial charge in [-0.15, -0.1) is 0 Å². The van der Waals surface area contributed by atoms with Gasteiger partial charge in [0.05, 0.1) is 23.4 Å². The highest BCUT2D eigenvalue weighted by atomic mass is 35.5. The summed E-state index contributed by atoms with van der Waals surface area (Å²) in [6.45, 7) is 3.03. The second-order valence-electron chi connectivity index (χ2n) is 7.14. The Labute approximate surface area is 190 Å². The molecule has 2 amide bonds. The molecule has 4 aromatic rings. The maximum atomic E-state index is 13.0. The molecule has 0 fully saturated rings. The molecule has 0 aliphatic heterocycles. The number of rotatable bonds is 7. The van der Waals surface area contributed by atoms with E-state index in [-0.39, 0.29) is 17.8 Å². The fourth-order valence-corrected chi connectivity index (χ4v) is 3.70. The summed E-state index contributed by atoms with van der Waals surface area (Å²) in [6, 6.07) is 18.1. The topological polar surface area (TPSA) is 76.3 Å². The molecule has 162 valence electrons. The molecular formula is C25H22ClN3O3. The van der Waals surface area contributed by atoms with Crippen molar-refractivity contribution < 1.29 is 14.0 Å². The molecular weight excluding hydrogens is 426 g/mol. The van der Waals surface area contributed by atoms with Crippen LogP contribution in [0, 0.1) is 0 Å². The number of furan rings is 1. The fourth-order valence-electron chi connectivity index (χ4n) is 3.48. The first kappa shape index (κ1) is 21.5. The summed E-state index contributed by atoms with van der Waals surface area (Å²) < 4.78 is 7.37. The molecule has 0 spiro atoms. The summed E-state index contributed by atoms with van der Waals surface area (Å²) in [5.41, 5.74) is 2.27. The Morgan fingerprint density at radius 2 is 1.84 bits per heavy atom. The molecule has 2 N–H and O–H groups in total. The number of amides is 2. The zero-order valence-corrected chi connectivity index (χ0v) is 18.2. The summed E-state index contributed by atoms with van der Waals surface area (Å²) in [6.07, 6.45) is 5.18. The van der Waals surface area contributed by atoms with Crippen LogP contribution in [0.4, 0.5) is 0 Å². The third-order valence-electron chi connectivity index (χ3n) is 5.07. The van der Waals surface area contributed by atoms with E-state index in [2.05, 4.69) is 22.1 Å². The fraction of sp³-hybridized carbons (Fsp3) is 0.120. The maximum absolute atomic E-state index is 13.0. The maximum Gasteiger partial charge on any atom is 0.268 e. The van der Waals surface area contributed by atoms with Crippen LogP contribution in [0.15, 0.2) is 83.2 Å². The predicted octanol–water partition coefficient (Wildman–Crippen LogP) is 4.99. The average molecular weight is 448 g/mol. The van der Waals surface area contributed by atoms with Gasteiger partial charge in [0.1, 0.15) is 11.5 Å². The van der Waals surface area contributed by atoms with Gasteiger partial charge in [-0.1, -0.05) is 41.9 Å². The minimum Gasteiger partial charge on any atom is -0.467 e. The highest BCUT2D eigenvalue weighted by Crippen LogP contribution is 2.24. The number of nitrogens with one attached hydrogen (secondary N) is 2. The van der Waals surface area contributed by atoms with E-state index in [4.69, 9.17) is 16.0 Å². The molecule has 2 heterocycles. The second-order valence-corrected chi connectivity index (χ2v) is 7.55. The second kappa shape index (κ2) is 9.58. The van der Waals surface area contributed by atoms with Gasteiger partial charge in [0, 0.05) is 29.2 Å². The third-order valence-corrected chi connectivity index (χ3v) is 5.40. The SMILES string of the molecule is CCn1cc(/C=C(\NC(=O)c2ccccc2Cl)C(=O)NCc2ccco2)c2ccccc21. The number of halogens is 1. The molecule has 0 saturated carbocycles. The van der Waals surface area contributed by atoms with Crippen LogP contribution in [-0.4, -0.2) is 16.4 Å². The molecule has 0 aliphatic rings. The minimum absolute atomic E-state index is 0.112. The van der Waals surface area contributed by atoms with Crippen molar-refractivity contribution >= 4 is 40.4 Å². The molecule has 0 aliphatic carbocycles. The molecule has 32 heavy (non-hydrogen) atoms. The highest BCUT2D eigenvalue weighted by molar-refractivity contribution is 6.34. The summed E-state index contributed by atoms with van der Waals surface area (Å²) in [5, 5.41) is 6.81. The number of fused-ring (bicyclic) bond motifs is 1. The van der Waals surface area contributed by atoms with Crippen LogP contribution < -0.4 is 10.6 Å². The molecule has 4 rings (SSSR count). The van der Waals surface area contributed by atoms with E-state index in [1.54, 1.807) is 42.5 Å². The zero-order chi connectivity index (χ0) is 22.5. The number of benzene rings is 2. The summed E-state index contributed by atoms with van der Waals surface area (Å²) in [5.74, 6) is -0.290. The van der Waals surface area contributed by atoms with Crippen LogP contribution in [0.1, 0.15) is 28.6 Å².